The summed E-state index contributed by atoms with van der Waals surface area (Å²) in [6.45, 7) is 9.80. The molecule has 0 radical (unpaired) electrons. The molecule has 0 spiro atoms. The van der Waals surface area contributed by atoms with E-state index in [9.17, 15) is 0 Å². The fourth-order valence-electron chi connectivity index (χ4n) is 4.74. The maximum Gasteiger partial charge on any atom is 0.160 e. The number of hydrogen-bond acceptors (Lipinski definition) is 4. The molecule has 5 rings (SSSR count). The highest BCUT2D eigenvalue weighted by molar-refractivity contribution is 8.14. The Morgan fingerprint density at radius 1 is 1.10 bits per heavy atom. The summed E-state index contributed by atoms with van der Waals surface area (Å²) in [4.78, 5) is 12.3. The Labute approximate surface area is 187 Å². The Kier molecular flexibility index (Phi) is 4.91. The fraction of sp³-hybridized carbons (Fsp3) is 0.333. The van der Waals surface area contributed by atoms with Crippen LogP contribution in [-0.4, -0.2) is 31.4 Å². The largest absolute Gasteiger partial charge is 0.341 e. The van der Waals surface area contributed by atoms with E-state index in [4.69, 9.17) is 16.6 Å². The summed E-state index contributed by atoms with van der Waals surface area (Å²) in [6, 6.07) is 14.7. The van der Waals surface area contributed by atoms with Crippen molar-refractivity contribution in [3.63, 3.8) is 0 Å². The number of rotatable bonds is 3. The van der Waals surface area contributed by atoms with Crippen LogP contribution < -0.4 is 0 Å². The zero-order valence-electron chi connectivity index (χ0n) is 17.6. The molecule has 0 amide bonds. The molecule has 1 saturated heterocycles. The van der Waals surface area contributed by atoms with Crippen molar-refractivity contribution in [2.75, 3.05) is 6.54 Å². The molecule has 3 atom stereocenters. The van der Waals surface area contributed by atoms with Crippen molar-refractivity contribution < 1.29 is 0 Å². The van der Waals surface area contributed by atoms with E-state index in [1.807, 2.05) is 30.1 Å². The Bertz CT molecular complexity index is 1140. The molecule has 6 heteroatoms. The Morgan fingerprint density at radius 2 is 1.93 bits per heavy atom. The number of nitrogens with zero attached hydrogens (tertiary/aromatic N) is 4. The van der Waals surface area contributed by atoms with Crippen LogP contribution in [0.3, 0.4) is 0 Å². The van der Waals surface area contributed by atoms with Gasteiger partial charge in [-0.05, 0) is 62.2 Å². The van der Waals surface area contributed by atoms with Crippen molar-refractivity contribution in [3.05, 3.63) is 81.9 Å². The van der Waals surface area contributed by atoms with Crippen molar-refractivity contribution in [3.8, 4) is 5.69 Å². The highest BCUT2D eigenvalue weighted by atomic mass is 35.5. The maximum absolute atomic E-state index is 6.35. The fourth-order valence-corrected chi connectivity index (χ4v) is 5.99. The second-order valence-corrected chi connectivity index (χ2v) is 10.1. The molecule has 0 aliphatic carbocycles. The van der Waals surface area contributed by atoms with Crippen LogP contribution in [0.25, 0.3) is 5.69 Å². The van der Waals surface area contributed by atoms with Gasteiger partial charge in [0.05, 0.1) is 11.7 Å². The number of halogens is 1. The number of pyridine rings is 1. The molecule has 0 N–H and O–H groups in total. The number of benzene rings is 1. The molecule has 3 aromatic rings. The minimum Gasteiger partial charge on any atom is -0.341 e. The van der Waals surface area contributed by atoms with Gasteiger partial charge in [-0.15, -0.1) is 0 Å². The molecule has 4 nitrogen and oxygen atoms in total. The minimum absolute atomic E-state index is 0.00982. The molecule has 2 aliphatic rings. The standard InChI is InChI=1S/C24H25ClN4S/c1-14-8-9-18(25)12-21(14)29-15(2)11-19(17(29)4)23-22(20-7-5-6-10-26-20)27-24-28(23)13-16(3)30-24/h5-12,16,22-23H,13H2,1-4H3/t16-,22-,23-/m1/s1. The number of fused-ring (bicyclic) bond motifs is 1. The Balaban J connectivity index is 1.64. The number of thioether (sulfide) groups is 1. The van der Waals surface area contributed by atoms with Gasteiger partial charge in [-0.25, -0.2) is 0 Å². The van der Waals surface area contributed by atoms with Gasteiger partial charge in [0.25, 0.3) is 0 Å². The molecule has 0 bridgehead atoms. The van der Waals surface area contributed by atoms with E-state index in [0.717, 1.165) is 28.1 Å². The van der Waals surface area contributed by atoms with Crippen LogP contribution in [0, 0.1) is 20.8 Å². The summed E-state index contributed by atoms with van der Waals surface area (Å²) in [5, 5.41) is 2.45. The van der Waals surface area contributed by atoms with Gasteiger partial charge in [-0.2, -0.15) is 0 Å². The van der Waals surface area contributed by atoms with E-state index < -0.39 is 0 Å². The van der Waals surface area contributed by atoms with Crippen LogP contribution >= 0.6 is 23.4 Å². The predicted molar refractivity (Wildman–Crippen MR) is 126 cm³/mol. The first-order valence-electron chi connectivity index (χ1n) is 10.3. The molecule has 1 aromatic carbocycles. The molecule has 0 unspecified atom stereocenters. The third-order valence-electron chi connectivity index (χ3n) is 6.08. The number of hydrogen-bond donors (Lipinski definition) is 0. The smallest absolute Gasteiger partial charge is 0.160 e. The lowest BCUT2D eigenvalue weighted by Crippen LogP contribution is -2.28. The second-order valence-electron chi connectivity index (χ2n) is 8.23. The van der Waals surface area contributed by atoms with Crippen molar-refractivity contribution in [1.29, 1.82) is 0 Å². The topological polar surface area (TPSA) is 33.4 Å². The van der Waals surface area contributed by atoms with Gasteiger partial charge >= 0.3 is 0 Å². The minimum atomic E-state index is 0.00982. The van der Waals surface area contributed by atoms with Crippen LogP contribution in [0.5, 0.6) is 0 Å². The van der Waals surface area contributed by atoms with E-state index in [0.29, 0.717) is 5.25 Å². The van der Waals surface area contributed by atoms with Gasteiger partial charge < -0.3 is 9.47 Å². The number of aromatic nitrogens is 2. The van der Waals surface area contributed by atoms with Crippen LogP contribution in [0.1, 0.15) is 47.2 Å². The van der Waals surface area contributed by atoms with Crippen LogP contribution in [-0.2, 0) is 0 Å². The van der Waals surface area contributed by atoms with E-state index in [1.54, 1.807) is 0 Å². The zero-order valence-corrected chi connectivity index (χ0v) is 19.2. The van der Waals surface area contributed by atoms with Crippen molar-refractivity contribution in [2.45, 2.75) is 45.0 Å². The lowest BCUT2D eigenvalue weighted by molar-refractivity contribution is 0.320. The monoisotopic (exact) mass is 436 g/mol. The Morgan fingerprint density at radius 3 is 2.70 bits per heavy atom. The zero-order chi connectivity index (χ0) is 21.0. The van der Waals surface area contributed by atoms with Gasteiger partial charge in [-0.1, -0.05) is 42.4 Å². The number of aliphatic imine (C=N–C) groups is 1. The lowest BCUT2D eigenvalue weighted by atomic mass is 9.96. The van der Waals surface area contributed by atoms with E-state index in [2.05, 4.69) is 72.5 Å². The molecule has 30 heavy (non-hydrogen) atoms. The molecular formula is C24H25ClN4S. The summed E-state index contributed by atoms with van der Waals surface area (Å²) >= 11 is 8.22. The third-order valence-corrected chi connectivity index (χ3v) is 7.42. The molecule has 2 aromatic heterocycles. The van der Waals surface area contributed by atoms with Gasteiger partial charge in [0, 0.05) is 40.1 Å². The SMILES string of the molecule is Cc1ccc(Cl)cc1-n1c(C)cc([C@@H]2[C@@H](c3ccccn3)N=C3S[C@H](C)CN32)c1C. The molecule has 154 valence electrons. The first-order valence-corrected chi connectivity index (χ1v) is 11.6. The molecular weight excluding hydrogens is 412 g/mol. The summed E-state index contributed by atoms with van der Waals surface area (Å²) in [6.07, 6.45) is 1.87. The van der Waals surface area contributed by atoms with E-state index in [-0.39, 0.29) is 12.1 Å². The summed E-state index contributed by atoms with van der Waals surface area (Å²) in [5.74, 6) is 0. The van der Waals surface area contributed by atoms with Gasteiger partial charge in [0.15, 0.2) is 5.17 Å². The number of amidine groups is 1. The third kappa shape index (κ3) is 3.15. The molecule has 1 fully saturated rings. The normalized spacial score (nSPS) is 23.0. The summed E-state index contributed by atoms with van der Waals surface area (Å²) in [7, 11) is 0. The second kappa shape index (κ2) is 7.47. The van der Waals surface area contributed by atoms with Crippen molar-refractivity contribution >= 4 is 28.5 Å². The molecule has 2 aliphatic heterocycles. The van der Waals surface area contributed by atoms with Crippen LogP contribution in [0.15, 0.2) is 53.7 Å². The number of aryl methyl sites for hydroxylation is 2. The summed E-state index contributed by atoms with van der Waals surface area (Å²) in [5.41, 5.74) is 7.15. The maximum atomic E-state index is 6.35. The summed E-state index contributed by atoms with van der Waals surface area (Å²) < 4.78 is 2.33. The van der Waals surface area contributed by atoms with Crippen molar-refractivity contribution in [2.24, 2.45) is 4.99 Å². The predicted octanol–water partition coefficient (Wildman–Crippen LogP) is 6.04. The first-order chi connectivity index (χ1) is 14.4. The van der Waals surface area contributed by atoms with Gasteiger partial charge in [-0.3, -0.25) is 9.98 Å². The van der Waals surface area contributed by atoms with Crippen LogP contribution in [0.2, 0.25) is 5.02 Å². The van der Waals surface area contributed by atoms with Gasteiger partial charge in [0.2, 0.25) is 0 Å². The molecule has 0 saturated carbocycles. The first kappa shape index (κ1) is 19.7. The van der Waals surface area contributed by atoms with Gasteiger partial charge in [0.1, 0.15) is 6.04 Å². The highest BCUT2D eigenvalue weighted by Gasteiger charge is 2.44. The quantitative estimate of drug-likeness (QED) is 0.501. The average Bonchev–Trinajstić information content (AvgIpc) is 3.34. The van der Waals surface area contributed by atoms with E-state index in [1.165, 1.54) is 22.5 Å². The Hall–Kier alpha value is -2.24. The van der Waals surface area contributed by atoms with Crippen LogP contribution in [0.4, 0.5) is 0 Å². The molecule has 4 heterocycles. The lowest BCUT2D eigenvalue weighted by Gasteiger charge is -2.27. The average molecular weight is 437 g/mol. The highest BCUT2D eigenvalue weighted by Crippen LogP contribution is 2.49. The van der Waals surface area contributed by atoms with E-state index >= 15 is 0 Å². The van der Waals surface area contributed by atoms with Crippen molar-refractivity contribution in [1.82, 2.24) is 14.5 Å².